The number of para-hydroxylation sites is 1. The lowest BCUT2D eigenvalue weighted by Crippen LogP contribution is -2.41. The number of hydrogen-bond acceptors (Lipinski definition) is 3. The highest BCUT2D eigenvalue weighted by molar-refractivity contribution is 6.42. The Morgan fingerprint density at radius 3 is 2.45 bits per heavy atom. The summed E-state index contributed by atoms with van der Waals surface area (Å²) in [6.07, 6.45) is -0.329. The maximum absolute atomic E-state index is 13.4. The minimum absolute atomic E-state index is 0.201. The summed E-state index contributed by atoms with van der Waals surface area (Å²) in [5.41, 5.74) is 2.21. The van der Waals surface area contributed by atoms with E-state index >= 15 is 0 Å². The summed E-state index contributed by atoms with van der Waals surface area (Å²) >= 11 is 12.1. The van der Waals surface area contributed by atoms with Crippen LogP contribution in [0.2, 0.25) is 10.0 Å². The van der Waals surface area contributed by atoms with Gasteiger partial charge in [0.15, 0.2) is 11.4 Å². The van der Waals surface area contributed by atoms with E-state index in [1.54, 1.807) is 48.5 Å². The highest BCUT2D eigenvalue weighted by Gasteiger charge is 2.50. The largest absolute Gasteiger partial charge is 0.375 e. The zero-order chi connectivity index (χ0) is 22.3. The highest BCUT2D eigenvalue weighted by atomic mass is 35.5. The van der Waals surface area contributed by atoms with Crippen LogP contribution in [0.3, 0.4) is 0 Å². The first kappa shape index (κ1) is 21.6. The van der Waals surface area contributed by atoms with Crippen LogP contribution in [0.15, 0.2) is 60.7 Å². The molecule has 0 fully saturated rings. The average Bonchev–Trinajstić information content (AvgIpc) is 2.92. The molecule has 0 unspecified atom stereocenters. The van der Waals surface area contributed by atoms with Crippen LogP contribution in [0.1, 0.15) is 39.0 Å². The van der Waals surface area contributed by atoms with E-state index in [0.717, 1.165) is 16.7 Å². The molecule has 3 aromatic carbocycles. The number of benzene rings is 3. The van der Waals surface area contributed by atoms with Gasteiger partial charge in [0, 0.05) is 11.1 Å². The van der Waals surface area contributed by atoms with Gasteiger partial charge >= 0.3 is 0 Å². The topological polar surface area (TPSA) is 57.6 Å². The lowest BCUT2D eigenvalue weighted by atomic mass is 9.87. The van der Waals surface area contributed by atoms with Crippen LogP contribution in [0.4, 0.5) is 5.69 Å². The molecule has 0 saturated heterocycles. The molecule has 1 aliphatic rings. The molecule has 1 atom stereocenters. The van der Waals surface area contributed by atoms with Crippen LogP contribution in [0.5, 0.6) is 0 Å². The predicted molar refractivity (Wildman–Crippen MR) is 123 cm³/mol. The number of Topliss-reactive ketones (excluding diaryl/α,β-unsaturated/α-hetero) is 1. The van der Waals surface area contributed by atoms with E-state index < -0.39 is 11.5 Å². The van der Waals surface area contributed by atoms with Crippen molar-refractivity contribution in [2.75, 3.05) is 4.90 Å². The first-order valence-electron chi connectivity index (χ1n) is 9.89. The Labute approximate surface area is 191 Å². The van der Waals surface area contributed by atoms with E-state index in [-0.39, 0.29) is 18.7 Å². The van der Waals surface area contributed by atoms with Gasteiger partial charge in [0.2, 0.25) is 0 Å². The van der Waals surface area contributed by atoms with Crippen LogP contribution in [0, 0.1) is 13.8 Å². The van der Waals surface area contributed by atoms with Gasteiger partial charge in [-0.25, -0.2) is 0 Å². The second kappa shape index (κ2) is 8.12. The van der Waals surface area contributed by atoms with Crippen LogP contribution in [-0.2, 0) is 16.9 Å². The van der Waals surface area contributed by atoms with Crippen molar-refractivity contribution in [2.24, 2.45) is 0 Å². The van der Waals surface area contributed by atoms with Gasteiger partial charge in [0.05, 0.1) is 28.7 Å². The normalized spacial score (nSPS) is 17.7. The quantitative estimate of drug-likeness (QED) is 0.510. The lowest BCUT2D eigenvalue weighted by molar-refractivity contribution is -0.136. The van der Waals surface area contributed by atoms with Gasteiger partial charge in [-0.2, -0.15) is 0 Å². The van der Waals surface area contributed by atoms with Gasteiger partial charge in [-0.05, 0) is 43.2 Å². The van der Waals surface area contributed by atoms with E-state index in [4.69, 9.17) is 23.2 Å². The number of carbonyl (C=O) groups excluding carboxylic acids is 2. The number of halogens is 2. The summed E-state index contributed by atoms with van der Waals surface area (Å²) in [7, 11) is 0. The van der Waals surface area contributed by atoms with Crippen molar-refractivity contribution < 1.29 is 14.7 Å². The number of nitrogens with zero attached hydrogens (tertiary/aromatic N) is 1. The predicted octanol–water partition coefficient (Wildman–Crippen LogP) is 5.62. The van der Waals surface area contributed by atoms with Crippen molar-refractivity contribution in [1.29, 1.82) is 0 Å². The van der Waals surface area contributed by atoms with Crippen LogP contribution in [0.25, 0.3) is 0 Å². The Kier molecular flexibility index (Phi) is 5.65. The van der Waals surface area contributed by atoms with E-state index in [2.05, 4.69) is 0 Å². The number of carbonyl (C=O) groups is 2. The third-order valence-corrected chi connectivity index (χ3v) is 6.40. The van der Waals surface area contributed by atoms with Crippen molar-refractivity contribution in [1.82, 2.24) is 0 Å². The molecule has 1 heterocycles. The molecule has 0 saturated carbocycles. The molecule has 1 N–H and O–H groups in total. The maximum atomic E-state index is 13.4. The number of fused-ring (bicyclic) bond motifs is 1. The SMILES string of the molecule is Cc1ccc(C(=O)C[C@]2(O)C(=O)N(Cc3ccc(Cl)c(Cl)c3)c3ccccc32)c(C)c1. The van der Waals surface area contributed by atoms with Gasteiger partial charge in [-0.15, -0.1) is 0 Å². The zero-order valence-electron chi connectivity index (χ0n) is 17.2. The first-order chi connectivity index (χ1) is 14.7. The van der Waals surface area contributed by atoms with Crippen LogP contribution >= 0.6 is 23.2 Å². The molecule has 0 radical (unpaired) electrons. The standard InChI is InChI=1S/C25H21Cl2NO3/c1-15-7-9-18(16(2)11-15)23(29)13-25(31)19-5-3-4-6-22(19)28(24(25)30)14-17-8-10-20(26)21(27)12-17/h3-12,31H,13-14H2,1-2H3/t25-/m1/s1. The van der Waals surface area contributed by atoms with Crippen molar-refractivity contribution in [3.05, 3.63) is 98.5 Å². The maximum Gasteiger partial charge on any atom is 0.264 e. The Morgan fingerprint density at radius 2 is 1.74 bits per heavy atom. The minimum Gasteiger partial charge on any atom is -0.375 e. The Morgan fingerprint density at radius 1 is 1.00 bits per heavy atom. The summed E-state index contributed by atoms with van der Waals surface area (Å²) < 4.78 is 0. The molecule has 0 spiro atoms. The molecule has 0 aromatic heterocycles. The number of anilines is 1. The number of hydrogen-bond donors (Lipinski definition) is 1. The Hall–Kier alpha value is -2.66. The summed E-state index contributed by atoms with van der Waals surface area (Å²) in [6.45, 7) is 4.00. The van der Waals surface area contributed by atoms with Crippen molar-refractivity contribution >= 4 is 40.6 Å². The fourth-order valence-electron chi connectivity index (χ4n) is 4.11. The molecule has 31 heavy (non-hydrogen) atoms. The van der Waals surface area contributed by atoms with Crippen molar-refractivity contribution in [3.63, 3.8) is 0 Å². The molecule has 3 aromatic rings. The highest BCUT2D eigenvalue weighted by Crippen LogP contribution is 2.43. The molecule has 158 valence electrons. The van der Waals surface area contributed by atoms with Gasteiger partial charge in [-0.1, -0.05) is 71.2 Å². The number of ketones is 1. The minimum atomic E-state index is -1.93. The summed E-state index contributed by atoms with van der Waals surface area (Å²) in [4.78, 5) is 28.0. The van der Waals surface area contributed by atoms with E-state index in [0.29, 0.717) is 26.9 Å². The van der Waals surface area contributed by atoms with E-state index in [1.807, 2.05) is 26.0 Å². The third kappa shape index (κ3) is 3.87. The first-order valence-corrected chi connectivity index (χ1v) is 10.6. The van der Waals surface area contributed by atoms with E-state index in [9.17, 15) is 14.7 Å². The second-order valence-corrected chi connectivity index (χ2v) is 8.75. The number of amides is 1. The molecular formula is C25H21Cl2NO3. The molecule has 6 heteroatoms. The monoisotopic (exact) mass is 453 g/mol. The third-order valence-electron chi connectivity index (χ3n) is 5.66. The molecular weight excluding hydrogens is 433 g/mol. The summed E-state index contributed by atoms with van der Waals surface area (Å²) in [6, 6.07) is 17.7. The van der Waals surface area contributed by atoms with Gasteiger partial charge < -0.3 is 10.0 Å². The van der Waals surface area contributed by atoms with Crippen LogP contribution < -0.4 is 4.90 Å². The zero-order valence-corrected chi connectivity index (χ0v) is 18.7. The second-order valence-electron chi connectivity index (χ2n) is 7.94. The average molecular weight is 454 g/mol. The summed E-state index contributed by atoms with van der Waals surface area (Å²) in [5, 5.41) is 12.3. The Balaban J connectivity index is 1.69. The fourth-order valence-corrected chi connectivity index (χ4v) is 4.43. The number of rotatable bonds is 5. The van der Waals surface area contributed by atoms with E-state index in [1.165, 1.54) is 4.90 Å². The molecule has 4 rings (SSSR count). The molecule has 0 bridgehead atoms. The lowest BCUT2D eigenvalue weighted by Gasteiger charge is -2.23. The van der Waals surface area contributed by atoms with Gasteiger partial charge in [0.25, 0.3) is 5.91 Å². The smallest absolute Gasteiger partial charge is 0.264 e. The molecule has 1 aliphatic heterocycles. The van der Waals surface area contributed by atoms with Crippen molar-refractivity contribution in [3.8, 4) is 0 Å². The summed E-state index contributed by atoms with van der Waals surface area (Å²) in [5.74, 6) is -0.808. The van der Waals surface area contributed by atoms with Gasteiger partial charge in [-0.3, -0.25) is 9.59 Å². The molecule has 0 aliphatic carbocycles. The Bertz CT molecular complexity index is 1210. The number of aliphatic hydroxyl groups is 1. The molecule has 4 nitrogen and oxygen atoms in total. The molecule has 1 amide bonds. The van der Waals surface area contributed by atoms with Crippen LogP contribution in [-0.4, -0.2) is 16.8 Å². The number of aryl methyl sites for hydroxylation is 2. The van der Waals surface area contributed by atoms with Crippen molar-refractivity contribution in [2.45, 2.75) is 32.4 Å². The van der Waals surface area contributed by atoms with Gasteiger partial charge in [0.1, 0.15) is 0 Å². The fraction of sp³-hybridized carbons (Fsp3) is 0.200.